The Kier molecular flexibility index (Phi) is 24.8. The van der Waals surface area contributed by atoms with Gasteiger partial charge in [-0.05, 0) is 233 Å². The number of pyridine rings is 3. The fraction of sp³-hybridized carbons (Fsp3) is 0. The van der Waals surface area contributed by atoms with E-state index in [0.717, 1.165) is 151 Å². The number of rotatable bonds is 18. The minimum absolute atomic E-state index is 0.687. The Labute approximate surface area is 847 Å². The molecule has 0 aliphatic heterocycles. The van der Waals surface area contributed by atoms with Crippen LogP contribution in [-0.2, 0) is 0 Å². The lowest BCUT2D eigenvalue weighted by Crippen LogP contribution is -1.96. The first-order valence-electron chi connectivity index (χ1n) is 49.1. The van der Waals surface area contributed by atoms with Crippen molar-refractivity contribution in [1.82, 2.24) is 44.9 Å². The van der Waals surface area contributed by atoms with E-state index in [0.29, 0.717) is 17.5 Å². The molecule has 6 aromatic heterocycles. The van der Waals surface area contributed by atoms with Gasteiger partial charge in [-0.2, -0.15) is 0 Å². The zero-order chi connectivity index (χ0) is 97.3. The SMILES string of the molecule is c1ccc(-c2cccc(-c3cc(-c4ccc(-c5cccnc5)cc4)nc(-c4ccc(-c5ccc6c7ccccc7c7ccccc7c6c5)cc4)n3)c2)cc1.c1ccc(-c2cccc(-c3cc(-c4ccc(-c5cccnc5)cc4)nc(-c4cccc(-c5ccc6ccccc6c5)c4)n3)c2)cc1.c1ccc(-c2cccc(-c3cc(-c4ccc(-c5cccnc5)cc4)nc(-c4cccc(-c5cccc6ccccc56)c4)n3)c2)cc1. The summed E-state index contributed by atoms with van der Waals surface area (Å²) < 4.78 is 0. The van der Waals surface area contributed by atoms with Gasteiger partial charge in [-0.15, -0.1) is 0 Å². The zero-order valence-corrected chi connectivity index (χ0v) is 79.6. The lowest BCUT2D eigenvalue weighted by molar-refractivity contribution is 1.18. The minimum atomic E-state index is 0.687. The molecule has 146 heavy (non-hydrogen) atoms. The number of benzene rings is 20. The molecule has 0 saturated carbocycles. The van der Waals surface area contributed by atoms with Crippen molar-refractivity contribution in [1.29, 1.82) is 0 Å². The molecule has 0 N–H and O–H groups in total. The monoisotopic (exact) mass is 1860 g/mol. The van der Waals surface area contributed by atoms with Gasteiger partial charge in [-0.1, -0.05) is 437 Å². The van der Waals surface area contributed by atoms with Crippen LogP contribution < -0.4 is 0 Å². The summed E-state index contributed by atoms with van der Waals surface area (Å²) in [6, 6.07) is 181. The Bertz CT molecular complexity index is 9190. The first-order valence-corrected chi connectivity index (χ1v) is 49.1. The van der Waals surface area contributed by atoms with E-state index in [9.17, 15) is 0 Å². The molecular weight excluding hydrogens is 1770 g/mol. The molecule has 0 fully saturated rings. The smallest absolute Gasteiger partial charge is 0.160 e. The van der Waals surface area contributed by atoms with Crippen LogP contribution in [-0.4, -0.2) is 44.9 Å². The van der Waals surface area contributed by atoms with E-state index in [-0.39, 0.29) is 0 Å². The van der Waals surface area contributed by atoms with E-state index < -0.39 is 0 Å². The van der Waals surface area contributed by atoms with Gasteiger partial charge in [0.25, 0.3) is 0 Å². The Hall–Kier alpha value is -19.6. The maximum absolute atomic E-state index is 5.19. The highest BCUT2D eigenvalue weighted by Crippen LogP contribution is 2.43. The highest BCUT2D eigenvalue weighted by atomic mass is 14.9. The molecule has 0 amide bonds. The topological polar surface area (TPSA) is 116 Å². The zero-order valence-electron chi connectivity index (χ0n) is 79.6. The van der Waals surface area contributed by atoms with Crippen LogP contribution in [0.5, 0.6) is 0 Å². The molecule has 0 aliphatic rings. The lowest BCUT2D eigenvalue weighted by Gasteiger charge is -2.13. The molecular formula is C137H91N9. The molecule has 0 aliphatic carbocycles. The van der Waals surface area contributed by atoms with Gasteiger partial charge in [-0.3, -0.25) is 15.0 Å². The second-order valence-electron chi connectivity index (χ2n) is 36.4. The molecule has 20 aromatic carbocycles. The maximum atomic E-state index is 5.19. The van der Waals surface area contributed by atoms with Crippen LogP contribution in [0.4, 0.5) is 0 Å². The molecule has 9 nitrogen and oxygen atoms in total. The predicted molar refractivity (Wildman–Crippen MR) is 605 cm³/mol. The molecule has 26 aromatic rings. The van der Waals surface area contributed by atoms with Crippen molar-refractivity contribution in [3.8, 4) is 202 Å². The number of aromatic nitrogens is 9. The molecule has 6 heterocycles. The van der Waals surface area contributed by atoms with Crippen molar-refractivity contribution in [3.63, 3.8) is 0 Å². The van der Waals surface area contributed by atoms with Gasteiger partial charge in [0.05, 0.1) is 34.2 Å². The summed E-state index contributed by atoms with van der Waals surface area (Å²) in [7, 11) is 0. The average Bonchev–Trinajstić information content (AvgIpc) is 0.744. The molecule has 0 unspecified atom stereocenters. The number of hydrogen-bond acceptors (Lipinski definition) is 9. The molecule has 684 valence electrons. The molecule has 0 radical (unpaired) electrons. The highest BCUT2D eigenvalue weighted by Gasteiger charge is 2.21. The fourth-order valence-electron chi connectivity index (χ4n) is 19.6. The molecule has 0 bridgehead atoms. The summed E-state index contributed by atoms with van der Waals surface area (Å²) in [6.45, 7) is 0. The van der Waals surface area contributed by atoms with Crippen LogP contribution in [0.3, 0.4) is 0 Å². The van der Waals surface area contributed by atoms with Crippen molar-refractivity contribution in [2.75, 3.05) is 0 Å². The number of fused-ring (bicyclic) bond motifs is 8. The van der Waals surface area contributed by atoms with Crippen molar-refractivity contribution < 1.29 is 0 Å². The third kappa shape index (κ3) is 19.2. The van der Waals surface area contributed by atoms with Crippen molar-refractivity contribution in [2.24, 2.45) is 0 Å². The first-order chi connectivity index (χ1) is 72.3. The molecule has 9 heteroatoms. The Morgan fingerprint density at radius 3 is 0.774 bits per heavy atom. The van der Waals surface area contributed by atoms with Gasteiger partial charge in [0.15, 0.2) is 17.5 Å². The lowest BCUT2D eigenvalue weighted by atomic mass is 9.92. The van der Waals surface area contributed by atoms with Gasteiger partial charge in [0.2, 0.25) is 0 Å². The Balaban J connectivity index is 0.000000118. The van der Waals surface area contributed by atoms with Gasteiger partial charge < -0.3 is 0 Å². The Morgan fingerprint density at radius 1 is 0.110 bits per heavy atom. The van der Waals surface area contributed by atoms with Gasteiger partial charge >= 0.3 is 0 Å². The van der Waals surface area contributed by atoms with Crippen molar-refractivity contribution in [3.05, 3.63) is 553 Å². The van der Waals surface area contributed by atoms with Crippen LogP contribution in [0.2, 0.25) is 0 Å². The van der Waals surface area contributed by atoms with Crippen LogP contribution >= 0.6 is 0 Å². The van der Waals surface area contributed by atoms with E-state index in [1.807, 2.05) is 55.0 Å². The maximum Gasteiger partial charge on any atom is 0.160 e. The van der Waals surface area contributed by atoms with Crippen molar-refractivity contribution in [2.45, 2.75) is 0 Å². The quantitative estimate of drug-likeness (QED) is 0.0774. The standard InChI is InChI=1S/C51H33N3.2C43H29N3/c1-2-10-34(11-3-1)39-12-8-13-41(30-39)50-32-49(37-23-19-36(20-24-37)42-14-9-29-52-33-42)53-51(54-50)38-25-21-35(22-26-38)40-27-28-47-45-17-5-4-15-43(45)44-16-6-7-18-46(44)48(47)31-40;1-2-10-30(11-3-1)34-14-6-16-36(26-34)42-28-41(33-23-21-31(22-24-33)38-18-9-25-44-29-38)45-43(46-42)37-17-7-15-35(27-37)40-20-8-13-32-12-4-5-19-39(32)40;1-2-9-30(10-3-1)35-13-6-15-38(26-35)42-28-41(33-21-18-32(19-22-33)40-17-8-24-44-29-40)45-43(46-42)39-16-7-14-36(27-39)37-23-20-31-11-4-5-12-34(31)25-37/h1-33H;2*1-29H. The summed E-state index contributed by atoms with van der Waals surface area (Å²) in [6.07, 6.45) is 11.1. The second-order valence-corrected chi connectivity index (χ2v) is 36.4. The normalized spacial score (nSPS) is 11.2. The van der Waals surface area contributed by atoms with Gasteiger partial charge in [-0.25, -0.2) is 29.9 Å². The van der Waals surface area contributed by atoms with E-state index in [4.69, 9.17) is 29.9 Å². The second kappa shape index (κ2) is 40.7. The van der Waals surface area contributed by atoms with Crippen LogP contribution in [0.15, 0.2) is 553 Å². The van der Waals surface area contributed by atoms with Crippen LogP contribution in [0, 0.1) is 0 Å². The van der Waals surface area contributed by atoms with E-state index in [1.165, 1.54) is 87.2 Å². The van der Waals surface area contributed by atoms with E-state index in [1.54, 1.807) is 18.6 Å². The van der Waals surface area contributed by atoms with E-state index in [2.05, 4.69) is 494 Å². The van der Waals surface area contributed by atoms with Gasteiger partial charge in [0.1, 0.15) is 0 Å². The average molecular weight is 1860 g/mol. The summed E-state index contributed by atoms with van der Waals surface area (Å²) in [5.74, 6) is 2.07. The van der Waals surface area contributed by atoms with Crippen molar-refractivity contribution >= 4 is 53.9 Å². The Morgan fingerprint density at radius 2 is 0.356 bits per heavy atom. The summed E-state index contributed by atoms with van der Waals surface area (Å²) in [5.41, 5.74) is 34.9. The number of nitrogens with zero attached hydrogens (tertiary/aromatic N) is 9. The first kappa shape index (κ1) is 89.0. The van der Waals surface area contributed by atoms with Crippen LogP contribution in [0.25, 0.3) is 256 Å². The number of hydrogen-bond donors (Lipinski definition) is 0. The molecule has 26 rings (SSSR count). The summed E-state index contributed by atoms with van der Waals surface area (Å²) in [5, 5.41) is 12.6. The largest absolute Gasteiger partial charge is 0.264 e. The van der Waals surface area contributed by atoms with Gasteiger partial charge in [0, 0.05) is 87.3 Å². The predicted octanol–water partition coefficient (Wildman–Crippen LogP) is 35.4. The fourth-order valence-corrected chi connectivity index (χ4v) is 19.6. The van der Waals surface area contributed by atoms with Crippen LogP contribution in [0.1, 0.15) is 0 Å². The molecule has 0 saturated heterocycles. The summed E-state index contributed by atoms with van der Waals surface area (Å²) >= 11 is 0. The third-order valence-electron chi connectivity index (χ3n) is 27.1. The van der Waals surface area contributed by atoms with E-state index >= 15 is 0 Å². The minimum Gasteiger partial charge on any atom is -0.264 e. The molecule has 0 atom stereocenters. The third-order valence-corrected chi connectivity index (χ3v) is 27.1. The highest BCUT2D eigenvalue weighted by molar-refractivity contribution is 6.26. The summed E-state index contributed by atoms with van der Waals surface area (Å²) in [4.78, 5) is 43.9. The molecule has 0 spiro atoms.